The van der Waals surface area contributed by atoms with E-state index in [-0.39, 0.29) is 11.4 Å². The second-order valence-corrected chi connectivity index (χ2v) is 3.49. The van der Waals surface area contributed by atoms with Crippen molar-refractivity contribution in [1.29, 1.82) is 0 Å². The molecule has 6 heteroatoms. The Morgan fingerprint density at radius 3 is 2.59 bits per heavy atom. The van der Waals surface area contributed by atoms with Crippen molar-refractivity contribution in [3.63, 3.8) is 0 Å². The number of benzene rings is 1. The third-order valence-electron chi connectivity index (χ3n) is 2.15. The molecule has 0 saturated carbocycles. The van der Waals surface area contributed by atoms with Crippen molar-refractivity contribution < 1.29 is 9.85 Å². The minimum absolute atomic E-state index is 0.0630. The number of rotatable bonds is 5. The summed E-state index contributed by atoms with van der Waals surface area (Å²) in [7, 11) is 0. The van der Waals surface area contributed by atoms with Crippen LogP contribution in [-0.4, -0.2) is 9.85 Å². The Kier molecular flexibility index (Phi) is 4.33. The second-order valence-electron chi connectivity index (χ2n) is 3.49. The Balaban J connectivity index is 3.06. The lowest BCUT2D eigenvalue weighted by Gasteiger charge is -1.97. The fourth-order valence-corrected chi connectivity index (χ4v) is 1.39. The molecule has 0 N–H and O–H groups in total. The van der Waals surface area contributed by atoms with Crippen LogP contribution in [0.25, 0.3) is 6.08 Å². The monoisotopic (exact) mass is 236 g/mol. The van der Waals surface area contributed by atoms with Gasteiger partial charge in [-0.1, -0.05) is 19.1 Å². The first-order chi connectivity index (χ1) is 8.04. The van der Waals surface area contributed by atoms with Crippen molar-refractivity contribution in [2.24, 2.45) is 0 Å². The van der Waals surface area contributed by atoms with Gasteiger partial charge in [0.1, 0.15) is 0 Å². The minimum atomic E-state index is -0.525. The van der Waals surface area contributed by atoms with Gasteiger partial charge < -0.3 is 0 Å². The van der Waals surface area contributed by atoms with Crippen LogP contribution in [0.1, 0.15) is 25.3 Å². The van der Waals surface area contributed by atoms with Crippen molar-refractivity contribution in [1.82, 2.24) is 0 Å². The highest BCUT2D eigenvalue weighted by Gasteiger charge is 2.11. The van der Waals surface area contributed by atoms with Gasteiger partial charge in [0.05, 0.1) is 9.85 Å². The van der Waals surface area contributed by atoms with Gasteiger partial charge in [0, 0.05) is 24.6 Å². The van der Waals surface area contributed by atoms with Crippen LogP contribution in [0.15, 0.2) is 30.0 Å². The van der Waals surface area contributed by atoms with E-state index in [2.05, 4.69) is 0 Å². The SMILES string of the molecule is CCC/C(=C/c1cccc([N+](=O)[O-])c1)[N+](=O)[O-]. The number of non-ortho nitro benzene ring substituents is 1. The van der Waals surface area contributed by atoms with E-state index >= 15 is 0 Å². The van der Waals surface area contributed by atoms with Gasteiger partial charge in [-0.05, 0) is 12.0 Å². The zero-order valence-corrected chi connectivity index (χ0v) is 9.33. The van der Waals surface area contributed by atoms with Crippen molar-refractivity contribution in [2.45, 2.75) is 19.8 Å². The van der Waals surface area contributed by atoms with Crippen molar-refractivity contribution in [3.8, 4) is 0 Å². The van der Waals surface area contributed by atoms with E-state index in [9.17, 15) is 20.2 Å². The topological polar surface area (TPSA) is 86.3 Å². The number of allylic oxidation sites excluding steroid dienone is 1. The van der Waals surface area contributed by atoms with E-state index in [1.54, 1.807) is 6.07 Å². The van der Waals surface area contributed by atoms with Gasteiger partial charge >= 0.3 is 0 Å². The highest BCUT2D eigenvalue weighted by molar-refractivity contribution is 5.54. The van der Waals surface area contributed by atoms with Crippen molar-refractivity contribution in [2.75, 3.05) is 0 Å². The molecule has 0 fully saturated rings. The molecule has 1 aromatic rings. The molecule has 6 nitrogen and oxygen atoms in total. The Morgan fingerprint density at radius 2 is 2.06 bits per heavy atom. The summed E-state index contributed by atoms with van der Waals surface area (Å²) >= 11 is 0. The molecule has 90 valence electrons. The van der Waals surface area contributed by atoms with Crippen LogP contribution in [-0.2, 0) is 0 Å². The predicted octanol–water partition coefficient (Wildman–Crippen LogP) is 3.01. The quantitative estimate of drug-likeness (QED) is 0.580. The first kappa shape index (κ1) is 12.8. The highest BCUT2D eigenvalue weighted by atomic mass is 16.6. The molecule has 0 heterocycles. The molecule has 0 unspecified atom stereocenters. The maximum atomic E-state index is 10.7. The zero-order valence-electron chi connectivity index (χ0n) is 9.33. The third kappa shape index (κ3) is 3.67. The normalized spacial score (nSPS) is 11.2. The molecule has 0 bridgehead atoms. The van der Waals surface area contributed by atoms with Crippen molar-refractivity contribution >= 4 is 11.8 Å². The lowest BCUT2D eigenvalue weighted by molar-refractivity contribution is -0.426. The molecule has 0 atom stereocenters. The average Bonchev–Trinajstić information content (AvgIpc) is 2.28. The van der Waals surface area contributed by atoms with E-state index in [0.29, 0.717) is 18.4 Å². The summed E-state index contributed by atoms with van der Waals surface area (Å²) in [5.41, 5.74) is 0.463. The van der Waals surface area contributed by atoms with E-state index in [1.165, 1.54) is 24.3 Å². The Morgan fingerprint density at radius 1 is 1.35 bits per heavy atom. The van der Waals surface area contributed by atoms with Crippen LogP contribution >= 0.6 is 0 Å². The Bertz CT molecular complexity index is 468. The van der Waals surface area contributed by atoms with Crippen LogP contribution in [0, 0.1) is 20.2 Å². The van der Waals surface area contributed by atoms with Gasteiger partial charge in [-0.25, -0.2) is 0 Å². The second kappa shape index (κ2) is 5.74. The highest BCUT2D eigenvalue weighted by Crippen LogP contribution is 2.17. The molecule has 0 aromatic heterocycles. The van der Waals surface area contributed by atoms with Gasteiger partial charge in [0.2, 0.25) is 5.70 Å². The molecule has 0 saturated heterocycles. The molecule has 0 spiro atoms. The molecule has 0 aliphatic heterocycles. The van der Waals surface area contributed by atoms with Gasteiger partial charge in [0.15, 0.2) is 0 Å². The third-order valence-corrected chi connectivity index (χ3v) is 2.15. The Hall–Kier alpha value is -2.24. The van der Waals surface area contributed by atoms with E-state index < -0.39 is 9.85 Å². The fraction of sp³-hybridized carbons (Fsp3) is 0.273. The van der Waals surface area contributed by atoms with Gasteiger partial charge in [-0.3, -0.25) is 20.2 Å². The summed E-state index contributed by atoms with van der Waals surface area (Å²) in [6, 6.07) is 5.78. The number of nitrogens with zero attached hydrogens (tertiary/aromatic N) is 2. The minimum Gasteiger partial charge on any atom is -0.259 e. The Labute approximate surface area is 97.9 Å². The molecule has 0 aliphatic carbocycles. The van der Waals surface area contributed by atoms with Crippen LogP contribution in [0.2, 0.25) is 0 Å². The molecule has 0 aliphatic rings. The summed E-state index contributed by atoms with van der Waals surface area (Å²) in [5.74, 6) is 0. The van der Waals surface area contributed by atoms with Crippen LogP contribution in [0.3, 0.4) is 0 Å². The average molecular weight is 236 g/mol. The molecule has 0 amide bonds. The summed E-state index contributed by atoms with van der Waals surface area (Å²) in [6.07, 6.45) is 2.37. The lowest BCUT2D eigenvalue weighted by Crippen LogP contribution is -1.98. The standard InChI is InChI=1S/C11H12N2O4/c1-2-4-10(12(14)15)7-9-5-3-6-11(8-9)13(16)17/h3,5-8H,2,4H2,1H3/b10-7-. The maximum Gasteiger partial charge on any atom is 0.270 e. The van der Waals surface area contributed by atoms with E-state index in [4.69, 9.17) is 0 Å². The predicted molar refractivity (Wildman–Crippen MR) is 63.0 cm³/mol. The first-order valence-electron chi connectivity index (χ1n) is 5.14. The maximum absolute atomic E-state index is 10.7. The smallest absolute Gasteiger partial charge is 0.259 e. The molecule has 1 aromatic carbocycles. The molecular weight excluding hydrogens is 224 g/mol. The number of hydrogen-bond donors (Lipinski definition) is 0. The van der Waals surface area contributed by atoms with E-state index in [1.807, 2.05) is 6.92 Å². The molecule has 17 heavy (non-hydrogen) atoms. The first-order valence-corrected chi connectivity index (χ1v) is 5.14. The summed E-state index contributed by atoms with van der Waals surface area (Å²) in [4.78, 5) is 20.3. The van der Waals surface area contributed by atoms with Gasteiger partial charge in [-0.15, -0.1) is 0 Å². The lowest BCUT2D eigenvalue weighted by atomic mass is 10.1. The zero-order chi connectivity index (χ0) is 12.8. The van der Waals surface area contributed by atoms with E-state index in [0.717, 1.165) is 0 Å². The van der Waals surface area contributed by atoms with Crippen LogP contribution in [0.4, 0.5) is 5.69 Å². The van der Waals surface area contributed by atoms with Crippen molar-refractivity contribution in [3.05, 3.63) is 55.8 Å². The molecular formula is C11H12N2O4. The largest absolute Gasteiger partial charge is 0.270 e. The summed E-state index contributed by atoms with van der Waals surface area (Å²) in [5, 5.41) is 21.3. The fourth-order valence-electron chi connectivity index (χ4n) is 1.39. The molecule has 0 radical (unpaired) electrons. The number of nitro benzene ring substituents is 1. The molecule has 1 rings (SSSR count). The van der Waals surface area contributed by atoms with Crippen LogP contribution in [0.5, 0.6) is 0 Å². The summed E-state index contributed by atoms with van der Waals surface area (Å²) < 4.78 is 0. The van der Waals surface area contributed by atoms with Crippen LogP contribution < -0.4 is 0 Å². The van der Waals surface area contributed by atoms with Gasteiger partial charge in [0.25, 0.3) is 5.69 Å². The number of nitro groups is 2. The van der Waals surface area contributed by atoms with Gasteiger partial charge in [-0.2, -0.15) is 0 Å². The summed E-state index contributed by atoms with van der Waals surface area (Å²) in [6.45, 7) is 1.84. The number of hydrogen-bond acceptors (Lipinski definition) is 4.